The third-order valence-corrected chi connectivity index (χ3v) is 5.93. The third kappa shape index (κ3) is 3.88. The predicted molar refractivity (Wildman–Crippen MR) is 101 cm³/mol. The molecule has 0 aliphatic carbocycles. The first-order valence-corrected chi connectivity index (χ1v) is 9.33. The van der Waals surface area contributed by atoms with Gasteiger partial charge in [0.25, 0.3) is 5.69 Å². The van der Waals surface area contributed by atoms with Gasteiger partial charge in [-0.15, -0.1) is 12.4 Å². The monoisotopic (exact) mass is 397 g/mol. The summed E-state index contributed by atoms with van der Waals surface area (Å²) in [7, 11) is -4.01. The summed E-state index contributed by atoms with van der Waals surface area (Å²) >= 11 is 0. The summed E-state index contributed by atoms with van der Waals surface area (Å²) in [6.07, 6.45) is 0. The van der Waals surface area contributed by atoms with Crippen molar-refractivity contribution >= 4 is 28.1 Å². The van der Waals surface area contributed by atoms with Crippen LogP contribution < -0.4 is 10.0 Å². The Labute approximate surface area is 158 Å². The minimum absolute atomic E-state index is 0. The highest BCUT2D eigenvalue weighted by Gasteiger charge is 2.29. The fourth-order valence-corrected chi connectivity index (χ4v) is 4.53. The highest BCUT2D eigenvalue weighted by molar-refractivity contribution is 7.89. The quantitative estimate of drug-likeness (QED) is 0.596. The maximum atomic E-state index is 12.7. The number of benzene rings is 2. The van der Waals surface area contributed by atoms with Gasteiger partial charge in [-0.05, 0) is 36.1 Å². The molecule has 0 atom stereocenters. The van der Waals surface area contributed by atoms with Crippen LogP contribution in [0.2, 0.25) is 0 Å². The van der Waals surface area contributed by atoms with E-state index in [4.69, 9.17) is 0 Å². The number of halogens is 1. The molecule has 0 spiro atoms. The number of nitro groups is 1. The average Bonchev–Trinajstić information content (AvgIpc) is 3.02. The Hall–Kier alpha value is -2.00. The molecule has 0 aromatic heterocycles. The van der Waals surface area contributed by atoms with Crippen LogP contribution in [0.15, 0.2) is 35.2 Å². The van der Waals surface area contributed by atoms with Gasteiger partial charge >= 0.3 is 0 Å². The number of nitrogens with one attached hydrogen (secondary N) is 2. The number of aryl methyl sites for hydroxylation is 2. The van der Waals surface area contributed by atoms with Crippen molar-refractivity contribution < 1.29 is 13.3 Å². The van der Waals surface area contributed by atoms with Crippen molar-refractivity contribution in [3.8, 4) is 0 Å². The molecule has 2 aromatic carbocycles. The second kappa shape index (κ2) is 7.71. The zero-order valence-corrected chi connectivity index (χ0v) is 16.0. The van der Waals surface area contributed by atoms with E-state index in [1.54, 1.807) is 19.1 Å². The summed E-state index contributed by atoms with van der Waals surface area (Å²) < 4.78 is 27.9. The van der Waals surface area contributed by atoms with Crippen molar-refractivity contribution in [3.05, 3.63) is 68.3 Å². The molecule has 1 aliphatic heterocycles. The van der Waals surface area contributed by atoms with Gasteiger partial charge in [-0.1, -0.05) is 30.3 Å². The zero-order valence-electron chi connectivity index (χ0n) is 14.4. The number of nitro benzene ring substituents is 1. The Balaban J connectivity index is 0.00000243. The minimum atomic E-state index is -4.01. The summed E-state index contributed by atoms with van der Waals surface area (Å²) in [5.41, 5.74) is 3.47. The highest BCUT2D eigenvalue weighted by atomic mass is 35.5. The van der Waals surface area contributed by atoms with E-state index < -0.39 is 14.9 Å². The molecule has 140 valence electrons. The standard InChI is InChI=1S/C17H19N3O4S.ClH/c1-11-3-4-12(2)17(16(11)20(21)22)25(23,24)19-8-13-5-6-14-9-18-10-15(14)7-13;/h3-7,18-19H,8-10H2,1-2H3;1H. The predicted octanol–water partition coefficient (Wildman–Crippen LogP) is 2.72. The molecule has 9 heteroatoms. The normalized spacial score (nSPS) is 13.2. The smallest absolute Gasteiger partial charge is 0.292 e. The minimum Gasteiger partial charge on any atom is -0.309 e. The van der Waals surface area contributed by atoms with Crippen LogP contribution in [-0.4, -0.2) is 13.3 Å². The van der Waals surface area contributed by atoms with Crippen molar-refractivity contribution in [1.29, 1.82) is 0 Å². The largest absolute Gasteiger partial charge is 0.309 e. The van der Waals surface area contributed by atoms with Crippen LogP contribution in [0, 0.1) is 24.0 Å². The molecule has 7 nitrogen and oxygen atoms in total. The molecule has 0 amide bonds. The van der Waals surface area contributed by atoms with Gasteiger partial charge < -0.3 is 5.32 Å². The van der Waals surface area contributed by atoms with Crippen LogP contribution in [-0.2, 0) is 29.7 Å². The van der Waals surface area contributed by atoms with Gasteiger partial charge in [0.15, 0.2) is 4.90 Å². The molecule has 0 saturated carbocycles. The number of rotatable bonds is 5. The molecule has 0 radical (unpaired) electrons. The Bertz CT molecular complexity index is 961. The lowest BCUT2D eigenvalue weighted by Crippen LogP contribution is -2.25. The molecule has 2 N–H and O–H groups in total. The van der Waals surface area contributed by atoms with E-state index in [1.165, 1.54) is 12.5 Å². The van der Waals surface area contributed by atoms with Gasteiger partial charge in [-0.25, -0.2) is 13.1 Å². The summed E-state index contributed by atoms with van der Waals surface area (Å²) in [5, 5.41) is 14.6. The maximum Gasteiger partial charge on any atom is 0.292 e. The van der Waals surface area contributed by atoms with Gasteiger partial charge in [0.1, 0.15) is 0 Å². The maximum absolute atomic E-state index is 12.7. The molecule has 0 fully saturated rings. The summed E-state index contributed by atoms with van der Waals surface area (Å²) in [6.45, 7) is 4.75. The molecule has 3 rings (SSSR count). The average molecular weight is 398 g/mol. The summed E-state index contributed by atoms with van der Waals surface area (Å²) in [6, 6.07) is 8.93. The Morgan fingerprint density at radius 1 is 1.12 bits per heavy atom. The van der Waals surface area contributed by atoms with Crippen LogP contribution in [0.4, 0.5) is 5.69 Å². The van der Waals surface area contributed by atoms with E-state index in [2.05, 4.69) is 10.0 Å². The number of hydrogen-bond donors (Lipinski definition) is 2. The van der Waals surface area contributed by atoms with E-state index in [9.17, 15) is 18.5 Å². The molecule has 2 aromatic rings. The molecular weight excluding hydrogens is 378 g/mol. The van der Waals surface area contributed by atoms with Crippen molar-refractivity contribution in [1.82, 2.24) is 10.0 Å². The van der Waals surface area contributed by atoms with E-state index >= 15 is 0 Å². The van der Waals surface area contributed by atoms with Gasteiger partial charge in [-0.3, -0.25) is 10.1 Å². The van der Waals surface area contributed by atoms with Crippen LogP contribution in [0.5, 0.6) is 0 Å². The second-order valence-electron chi connectivity index (χ2n) is 6.17. The first-order chi connectivity index (χ1) is 11.8. The second-order valence-corrected chi connectivity index (χ2v) is 7.87. The topological polar surface area (TPSA) is 101 Å². The lowest BCUT2D eigenvalue weighted by molar-refractivity contribution is -0.388. The first kappa shape index (κ1) is 20.3. The van der Waals surface area contributed by atoms with E-state index in [0.29, 0.717) is 11.1 Å². The van der Waals surface area contributed by atoms with E-state index in [1.807, 2.05) is 18.2 Å². The van der Waals surface area contributed by atoms with Crippen LogP contribution in [0.25, 0.3) is 0 Å². The molecule has 26 heavy (non-hydrogen) atoms. The van der Waals surface area contributed by atoms with Gasteiger partial charge in [0, 0.05) is 25.2 Å². The molecular formula is C17H20ClN3O4S. The third-order valence-electron chi connectivity index (χ3n) is 4.35. The zero-order chi connectivity index (χ0) is 18.2. The molecule has 1 aliphatic rings. The fourth-order valence-electron chi connectivity index (χ4n) is 3.05. The number of nitrogens with zero attached hydrogens (tertiary/aromatic N) is 1. The SMILES string of the molecule is Cc1ccc(C)c(S(=O)(=O)NCc2ccc3c(c2)CNC3)c1[N+](=O)[O-].Cl. The van der Waals surface area contributed by atoms with Gasteiger partial charge in [0.2, 0.25) is 10.0 Å². The van der Waals surface area contributed by atoms with Crippen molar-refractivity contribution in [3.63, 3.8) is 0 Å². The van der Waals surface area contributed by atoms with E-state index in [0.717, 1.165) is 24.2 Å². The number of sulfonamides is 1. The lowest BCUT2D eigenvalue weighted by Gasteiger charge is -2.12. The lowest BCUT2D eigenvalue weighted by atomic mass is 10.1. The van der Waals surface area contributed by atoms with Crippen LogP contribution >= 0.6 is 12.4 Å². The van der Waals surface area contributed by atoms with E-state index in [-0.39, 0.29) is 29.5 Å². The number of hydrogen-bond acceptors (Lipinski definition) is 5. The summed E-state index contributed by atoms with van der Waals surface area (Å²) in [4.78, 5) is 10.4. The number of fused-ring (bicyclic) bond motifs is 1. The molecule has 0 saturated heterocycles. The van der Waals surface area contributed by atoms with Gasteiger partial charge in [-0.2, -0.15) is 0 Å². The van der Waals surface area contributed by atoms with Crippen LogP contribution in [0.1, 0.15) is 27.8 Å². The summed E-state index contributed by atoms with van der Waals surface area (Å²) in [5.74, 6) is 0. The molecule has 1 heterocycles. The molecule has 0 bridgehead atoms. The van der Waals surface area contributed by atoms with Gasteiger partial charge in [0.05, 0.1) is 4.92 Å². The van der Waals surface area contributed by atoms with Crippen molar-refractivity contribution in [2.75, 3.05) is 0 Å². The van der Waals surface area contributed by atoms with Crippen LogP contribution in [0.3, 0.4) is 0 Å². The Morgan fingerprint density at radius 3 is 2.46 bits per heavy atom. The Kier molecular flexibility index (Phi) is 6.02. The first-order valence-electron chi connectivity index (χ1n) is 7.85. The highest BCUT2D eigenvalue weighted by Crippen LogP contribution is 2.30. The van der Waals surface area contributed by atoms with Crippen molar-refractivity contribution in [2.45, 2.75) is 38.4 Å². The fraction of sp³-hybridized carbons (Fsp3) is 0.294. The van der Waals surface area contributed by atoms with Crippen molar-refractivity contribution in [2.24, 2.45) is 0 Å². The molecule has 0 unspecified atom stereocenters. The Morgan fingerprint density at radius 2 is 1.77 bits per heavy atom.